The lowest BCUT2D eigenvalue weighted by molar-refractivity contribution is 0.124. The molecule has 1 fully saturated rings. The average molecular weight is 295 g/mol. The van der Waals surface area contributed by atoms with E-state index in [9.17, 15) is 0 Å². The highest BCUT2D eigenvalue weighted by atomic mass is 35.5. The molecule has 3 unspecified atom stereocenters. The lowest BCUT2D eigenvalue weighted by Gasteiger charge is -2.39. The first-order valence-electron chi connectivity index (χ1n) is 7.90. The van der Waals surface area contributed by atoms with Gasteiger partial charge in [-0.1, -0.05) is 43.5 Å². The highest BCUT2D eigenvalue weighted by Crippen LogP contribution is 2.31. The van der Waals surface area contributed by atoms with Crippen LogP contribution < -0.4 is 5.73 Å². The van der Waals surface area contributed by atoms with Crippen LogP contribution in [0.4, 0.5) is 0 Å². The Balaban J connectivity index is 2.28. The predicted molar refractivity (Wildman–Crippen MR) is 87.1 cm³/mol. The van der Waals surface area contributed by atoms with Crippen molar-refractivity contribution in [3.8, 4) is 0 Å². The number of nitrogens with two attached hydrogens (primary N) is 1. The van der Waals surface area contributed by atoms with Gasteiger partial charge in [0.2, 0.25) is 0 Å². The zero-order chi connectivity index (χ0) is 14.5. The molecule has 1 heterocycles. The molecule has 0 spiro atoms. The van der Waals surface area contributed by atoms with Crippen molar-refractivity contribution in [3.63, 3.8) is 0 Å². The Morgan fingerprint density at radius 2 is 1.95 bits per heavy atom. The van der Waals surface area contributed by atoms with Crippen LogP contribution in [0, 0.1) is 0 Å². The molecule has 0 bridgehead atoms. The molecule has 1 aromatic rings. The van der Waals surface area contributed by atoms with Gasteiger partial charge in [-0.05, 0) is 50.4 Å². The van der Waals surface area contributed by atoms with Gasteiger partial charge in [-0.2, -0.15) is 0 Å². The number of likely N-dealkylation sites (tertiary alicyclic amines) is 1. The Bertz CT molecular complexity index is 404. The second-order valence-electron chi connectivity index (χ2n) is 6.00. The molecule has 20 heavy (non-hydrogen) atoms. The molecule has 0 radical (unpaired) electrons. The molecule has 0 aromatic heterocycles. The summed E-state index contributed by atoms with van der Waals surface area (Å²) in [7, 11) is 0. The van der Waals surface area contributed by atoms with Gasteiger partial charge in [0, 0.05) is 17.1 Å². The molecule has 0 aliphatic carbocycles. The molecule has 2 N–H and O–H groups in total. The minimum absolute atomic E-state index is 0.178. The van der Waals surface area contributed by atoms with Crippen LogP contribution in [0.3, 0.4) is 0 Å². The number of hydrogen-bond acceptors (Lipinski definition) is 2. The zero-order valence-corrected chi connectivity index (χ0v) is 13.4. The van der Waals surface area contributed by atoms with Crippen LogP contribution in [0.15, 0.2) is 24.3 Å². The van der Waals surface area contributed by atoms with Crippen molar-refractivity contribution in [2.24, 2.45) is 5.73 Å². The summed E-state index contributed by atoms with van der Waals surface area (Å²) < 4.78 is 0. The topological polar surface area (TPSA) is 29.3 Å². The minimum atomic E-state index is 0.178. The first kappa shape index (κ1) is 15.8. The molecule has 2 rings (SSSR count). The second kappa shape index (κ2) is 7.44. The molecule has 1 aliphatic rings. The first-order valence-corrected chi connectivity index (χ1v) is 8.28. The summed E-state index contributed by atoms with van der Waals surface area (Å²) in [5.41, 5.74) is 7.76. The molecular formula is C17H27ClN2. The molecular weight excluding hydrogens is 268 g/mol. The van der Waals surface area contributed by atoms with Crippen molar-refractivity contribution < 1.29 is 0 Å². The van der Waals surface area contributed by atoms with Gasteiger partial charge in [0.1, 0.15) is 0 Å². The molecule has 3 heteroatoms. The third-order valence-corrected chi connectivity index (χ3v) is 4.80. The van der Waals surface area contributed by atoms with E-state index in [1.807, 2.05) is 12.1 Å². The Labute approximate surface area is 128 Å². The smallest absolute Gasteiger partial charge is 0.0501 e. The number of halogens is 1. The van der Waals surface area contributed by atoms with Crippen LogP contribution in [0.5, 0.6) is 0 Å². The van der Waals surface area contributed by atoms with Crippen LogP contribution in [0.25, 0.3) is 0 Å². The maximum absolute atomic E-state index is 6.46. The van der Waals surface area contributed by atoms with Gasteiger partial charge >= 0.3 is 0 Å². The highest BCUT2D eigenvalue weighted by molar-refractivity contribution is 6.30. The van der Waals surface area contributed by atoms with Crippen molar-refractivity contribution >= 4 is 11.6 Å². The summed E-state index contributed by atoms with van der Waals surface area (Å²) >= 11 is 6.03. The van der Waals surface area contributed by atoms with Crippen molar-refractivity contribution in [1.29, 1.82) is 0 Å². The molecule has 1 aromatic carbocycles. The molecule has 3 atom stereocenters. The van der Waals surface area contributed by atoms with Crippen molar-refractivity contribution in [2.45, 2.75) is 64.1 Å². The summed E-state index contributed by atoms with van der Waals surface area (Å²) in [6.07, 6.45) is 6.24. The fourth-order valence-electron chi connectivity index (χ4n) is 3.28. The number of benzene rings is 1. The summed E-state index contributed by atoms with van der Waals surface area (Å²) in [6, 6.07) is 9.34. The largest absolute Gasteiger partial charge is 0.326 e. The SMILES string of the molecule is CCC(N)C(c1ccc(Cl)cc1)N1CCCCCC1C. The maximum Gasteiger partial charge on any atom is 0.0501 e. The molecule has 2 nitrogen and oxygen atoms in total. The molecule has 0 saturated carbocycles. The second-order valence-corrected chi connectivity index (χ2v) is 6.44. The van der Waals surface area contributed by atoms with Crippen molar-refractivity contribution in [3.05, 3.63) is 34.9 Å². The summed E-state index contributed by atoms with van der Waals surface area (Å²) in [4.78, 5) is 2.62. The van der Waals surface area contributed by atoms with E-state index in [1.54, 1.807) is 0 Å². The zero-order valence-electron chi connectivity index (χ0n) is 12.7. The third-order valence-electron chi connectivity index (χ3n) is 4.55. The van der Waals surface area contributed by atoms with Gasteiger partial charge in [-0.15, -0.1) is 0 Å². The van der Waals surface area contributed by atoms with E-state index in [4.69, 9.17) is 17.3 Å². The van der Waals surface area contributed by atoms with E-state index >= 15 is 0 Å². The van der Waals surface area contributed by atoms with Gasteiger partial charge < -0.3 is 5.73 Å². The van der Waals surface area contributed by atoms with Crippen LogP contribution in [-0.2, 0) is 0 Å². The molecule has 0 amide bonds. The molecule has 1 aliphatic heterocycles. The van der Waals surface area contributed by atoms with E-state index in [-0.39, 0.29) is 6.04 Å². The minimum Gasteiger partial charge on any atom is -0.326 e. The molecule has 112 valence electrons. The van der Waals surface area contributed by atoms with Crippen LogP contribution in [-0.4, -0.2) is 23.5 Å². The Kier molecular flexibility index (Phi) is 5.88. The normalized spacial score (nSPS) is 24.1. The Hall–Kier alpha value is -0.570. The monoisotopic (exact) mass is 294 g/mol. The number of hydrogen-bond donors (Lipinski definition) is 1. The van der Waals surface area contributed by atoms with Crippen molar-refractivity contribution in [1.82, 2.24) is 4.90 Å². The van der Waals surface area contributed by atoms with E-state index in [0.717, 1.165) is 18.0 Å². The van der Waals surface area contributed by atoms with E-state index in [2.05, 4.69) is 30.9 Å². The summed E-state index contributed by atoms with van der Waals surface area (Å²) in [6.45, 7) is 5.68. The summed E-state index contributed by atoms with van der Waals surface area (Å²) in [5, 5.41) is 0.793. The van der Waals surface area contributed by atoms with Crippen LogP contribution in [0.1, 0.15) is 57.6 Å². The van der Waals surface area contributed by atoms with E-state index < -0.39 is 0 Å². The molecule has 1 saturated heterocycles. The van der Waals surface area contributed by atoms with Crippen LogP contribution in [0.2, 0.25) is 5.02 Å². The van der Waals surface area contributed by atoms with Gasteiger partial charge in [0.05, 0.1) is 6.04 Å². The fourth-order valence-corrected chi connectivity index (χ4v) is 3.40. The third kappa shape index (κ3) is 3.75. The fraction of sp³-hybridized carbons (Fsp3) is 0.647. The van der Waals surface area contributed by atoms with Gasteiger partial charge in [0.15, 0.2) is 0 Å². The van der Waals surface area contributed by atoms with Gasteiger partial charge in [-0.3, -0.25) is 4.90 Å². The van der Waals surface area contributed by atoms with Crippen LogP contribution >= 0.6 is 11.6 Å². The maximum atomic E-state index is 6.46. The van der Waals surface area contributed by atoms with Crippen molar-refractivity contribution in [2.75, 3.05) is 6.54 Å². The lowest BCUT2D eigenvalue weighted by Crippen LogP contribution is -2.45. The summed E-state index contributed by atoms with van der Waals surface area (Å²) in [5.74, 6) is 0. The standard InChI is InChI=1S/C17H27ClN2/c1-3-16(19)17(14-8-10-15(18)11-9-14)20-12-6-4-5-7-13(20)2/h8-11,13,16-17H,3-7,12,19H2,1-2H3. The highest BCUT2D eigenvalue weighted by Gasteiger charge is 2.29. The Morgan fingerprint density at radius 1 is 1.25 bits per heavy atom. The van der Waals surface area contributed by atoms with E-state index in [0.29, 0.717) is 12.1 Å². The Morgan fingerprint density at radius 3 is 2.60 bits per heavy atom. The lowest BCUT2D eigenvalue weighted by atomic mass is 9.94. The van der Waals surface area contributed by atoms with E-state index in [1.165, 1.54) is 31.2 Å². The predicted octanol–water partition coefficient (Wildman–Crippen LogP) is 4.38. The first-order chi connectivity index (χ1) is 9.63. The quantitative estimate of drug-likeness (QED) is 0.893. The number of rotatable bonds is 4. The average Bonchev–Trinajstić information content (AvgIpc) is 2.66. The van der Waals surface area contributed by atoms with Gasteiger partial charge in [-0.25, -0.2) is 0 Å². The van der Waals surface area contributed by atoms with Gasteiger partial charge in [0.25, 0.3) is 0 Å². The number of nitrogens with zero attached hydrogens (tertiary/aromatic N) is 1.